The minimum atomic E-state index is 0.709. The largest absolute Gasteiger partial charge is 0.378 e. The van der Waals surface area contributed by atoms with Crippen molar-refractivity contribution in [2.24, 2.45) is 5.92 Å². The topological polar surface area (TPSA) is 3.24 Å². The van der Waals surface area contributed by atoms with Gasteiger partial charge in [0, 0.05) is 13.1 Å². The van der Waals surface area contributed by atoms with Crippen molar-refractivity contribution < 1.29 is 0 Å². The predicted octanol–water partition coefficient (Wildman–Crippen LogP) is 3.98. The maximum atomic E-state index is 2.44. The monoisotopic (exact) mass is 207 g/mol. The summed E-state index contributed by atoms with van der Waals surface area (Å²) in [6.45, 7) is 9.18. The Hall–Kier alpha value is -0.720. The Morgan fingerprint density at radius 1 is 1.27 bits per heavy atom. The number of nitrogens with zero attached hydrogens (tertiary/aromatic N) is 1. The lowest BCUT2D eigenvalue weighted by molar-refractivity contribution is 0.461. The van der Waals surface area contributed by atoms with E-state index in [1.165, 1.54) is 44.3 Å². The molecule has 15 heavy (non-hydrogen) atoms. The molecule has 1 nitrogen and oxygen atoms in total. The summed E-state index contributed by atoms with van der Waals surface area (Å²) in [5.74, 6) is 0.709. The highest BCUT2D eigenvalue weighted by molar-refractivity contribution is 4.95. The van der Waals surface area contributed by atoms with E-state index >= 15 is 0 Å². The zero-order valence-corrected chi connectivity index (χ0v) is 10.5. The average molecular weight is 207 g/mol. The maximum Gasteiger partial charge on any atom is 0.0173 e. The molecular formula is C14H25N. The highest BCUT2D eigenvalue weighted by Crippen LogP contribution is 2.12. The molecule has 1 heterocycles. The predicted molar refractivity (Wildman–Crippen MR) is 67.8 cm³/mol. The van der Waals surface area contributed by atoms with Crippen molar-refractivity contribution in [3.63, 3.8) is 0 Å². The highest BCUT2D eigenvalue weighted by Gasteiger charge is 2.06. The van der Waals surface area contributed by atoms with Gasteiger partial charge in [0.1, 0.15) is 0 Å². The minimum absolute atomic E-state index is 0.709. The van der Waals surface area contributed by atoms with Crippen molar-refractivity contribution in [2.75, 3.05) is 13.1 Å². The fourth-order valence-corrected chi connectivity index (χ4v) is 1.89. The van der Waals surface area contributed by atoms with E-state index in [-0.39, 0.29) is 0 Å². The Morgan fingerprint density at radius 2 is 1.93 bits per heavy atom. The molecule has 0 N–H and O–H groups in total. The molecule has 1 rings (SSSR count). The molecule has 0 saturated carbocycles. The second kappa shape index (κ2) is 6.71. The molecule has 0 radical (unpaired) electrons. The molecule has 1 saturated heterocycles. The van der Waals surface area contributed by atoms with Crippen molar-refractivity contribution in [2.45, 2.75) is 46.5 Å². The summed E-state index contributed by atoms with van der Waals surface area (Å²) in [4.78, 5) is 2.44. The summed E-state index contributed by atoms with van der Waals surface area (Å²) in [5, 5.41) is 0. The quantitative estimate of drug-likeness (QED) is 0.616. The molecule has 0 aromatic carbocycles. The van der Waals surface area contributed by atoms with E-state index in [1.54, 1.807) is 0 Å². The second-order valence-electron chi connectivity index (χ2n) is 4.92. The van der Waals surface area contributed by atoms with Crippen molar-refractivity contribution in [1.82, 2.24) is 4.90 Å². The number of rotatable bonds is 5. The molecule has 0 amide bonds. The Morgan fingerprint density at radius 3 is 2.53 bits per heavy atom. The van der Waals surface area contributed by atoms with Gasteiger partial charge in [-0.15, -0.1) is 0 Å². The van der Waals surface area contributed by atoms with Gasteiger partial charge in [-0.05, 0) is 51.6 Å². The molecule has 0 aliphatic carbocycles. The average Bonchev–Trinajstić information content (AvgIpc) is 2.66. The van der Waals surface area contributed by atoms with Gasteiger partial charge in [0.15, 0.2) is 0 Å². The minimum Gasteiger partial charge on any atom is -0.378 e. The first kappa shape index (κ1) is 12.4. The van der Waals surface area contributed by atoms with Gasteiger partial charge in [0.2, 0.25) is 0 Å². The Bertz CT molecular complexity index is 217. The van der Waals surface area contributed by atoms with Crippen LogP contribution in [-0.4, -0.2) is 18.0 Å². The van der Waals surface area contributed by atoms with Crippen LogP contribution < -0.4 is 0 Å². The summed E-state index contributed by atoms with van der Waals surface area (Å²) >= 11 is 0. The van der Waals surface area contributed by atoms with Gasteiger partial charge in [-0.1, -0.05) is 24.6 Å². The van der Waals surface area contributed by atoms with E-state index < -0.39 is 0 Å². The van der Waals surface area contributed by atoms with Crippen LogP contribution in [0.3, 0.4) is 0 Å². The van der Waals surface area contributed by atoms with Gasteiger partial charge in [-0.3, -0.25) is 0 Å². The normalized spacial score (nSPS) is 18.5. The smallest absolute Gasteiger partial charge is 0.0173 e. The summed E-state index contributed by atoms with van der Waals surface area (Å²) in [7, 11) is 0. The fourth-order valence-electron chi connectivity index (χ4n) is 1.89. The number of hydrogen-bond donors (Lipinski definition) is 0. The molecule has 1 aliphatic rings. The summed E-state index contributed by atoms with van der Waals surface area (Å²) in [6.07, 6.45) is 12.2. The van der Waals surface area contributed by atoms with Crippen molar-refractivity contribution in [3.8, 4) is 0 Å². The van der Waals surface area contributed by atoms with Crippen LogP contribution in [-0.2, 0) is 0 Å². The van der Waals surface area contributed by atoms with Crippen LogP contribution in [0, 0.1) is 5.92 Å². The lowest BCUT2D eigenvalue weighted by atomic mass is 10.0. The summed E-state index contributed by atoms with van der Waals surface area (Å²) < 4.78 is 0. The standard InChI is InChI=1S/C14H25N/c1-13(2)7-6-8-14(3)9-12-15-10-4-5-11-15/h7,9,12,14H,4-6,8,10-11H2,1-3H3/b12-9+. The third-order valence-corrected chi connectivity index (χ3v) is 2.94. The van der Waals surface area contributed by atoms with Crippen LogP contribution >= 0.6 is 0 Å². The van der Waals surface area contributed by atoms with Crippen LogP contribution in [0.1, 0.15) is 46.5 Å². The molecule has 1 aliphatic heterocycles. The van der Waals surface area contributed by atoms with Crippen LogP contribution in [0.4, 0.5) is 0 Å². The number of allylic oxidation sites excluding steroid dienone is 3. The van der Waals surface area contributed by atoms with E-state index in [2.05, 4.69) is 44.0 Å². The van der Waals surface area contributed by atoms with Gasteiger partial charge in [0.05, 0.1) is 0 Å². The first-order valence-electron chi connectivity index (χ1n) is 6.24. The van der Waals surface area contributed by atoms with Crippen LogP contribution in [0.5, 0.6) is 0 Å². The van der Waals surface area contributed by atoms with Gasteiger partial charge in [-0.25, -0.2) is 0 Å². The highest BCUT2D eigenvalue weighted by atomic mass is 15.1. The lowest BCUT2D eigenvalue weighted by Crippen LogP contribution is -2.10. The molecule has 86 valence electrons. The molecule has 0 aromatic rings. The molecule has 0 spiro atoms. The number of hydrogen-bond acceptors (Lipinski definition) is 1. The Labute approximate surface area is 94.9 Å². The zero-order valence-electron chi connectivity index (χ0n) is 10.5. The van der Waals surface area contributed by atoms with Crippen LogP contribution in [0.25, 0.3) is 0 Å². The maximum absolute atomic E-state index is 2.44. The van der Waals surface area contributed by atoms with E-state index in [9.17, 15) is 0 Å². The van der Waals surface area contributed by atoms with Gasteiger partial charge in [0.25, 0.3) is 0 Å². The van der Waals surface area contributed by atoms with Crippen LogP contribution in [0.15, 0.2) is 23.9 Å². The Kier molecular flexibility index (Phi) is 5.52. The SMILES string of the molecule is CC(C)=CCCC(C)/C=C/N1CCCC1. The van der Waals surface area contributed by atoms with E-state index in [0.29, 0.717) is 5.92 Å². The summed E-state index contributed by atoms with van der Waals surface area (Å²) in [5.41, 5.74) is 1.44. The molecule has 1 unspecified atom stereocenters. The van der Waals surface area contributed by atoms with Gasteiger partial charge in [-0.2, -0.15) is 0 Å². The molecule has 1 heteroatoms. The third-order valence-electron chi connectivity index (χ3n) is 2.94. The molecule has 0 bridgehead atoms. The molecular weight excluding hydrogens is 182 g/mol. The lowest BCUT2D eigenvalue weighted by Gasteiger charge is -2.12. The van der Waals surface area contributed by atoms with E-state index in [0.717, 1.165) is 0 Å². The van der Waals surface area contributed by atoms with Crippen molar-refractivity contribution in [1.29, 1.82) is 0 Å². The molecule has 1 fully saturated rings. The fraction of sp³-hybridized carbons (Fsp3) is 0.714. The first-order chi connectivity index (χ1) is 7.18. The van der Waals surface area contributed by atoms with Crippen molar-refractivity contribution in [3.05, 3.63) is 23.9 Å². The number of likely N-dealkylation sites (tertiary alicyclic amines) is 1. The zero-order chi connectivity index (χ0) is 11.1. The Balaban J connectivity index is 2.16. The first-order valence-corrected chi connectivity index (χ1v) is 6.24. The van der Waals surface area contributed by atoms with E-state index in [1.807, 2.05) is 0 Å². The van der Waals surface area contributed by atoms with E-state index in [4.69, 9.17) is 0 Å². The third kappa shape index (κ3) is 5.66. The van der Waals surface area contributed by atoms with Crippen LogP contribution in [0.2, 0.25) is 0 Å². The van der Waals surface area contributed by atoms with Crippen molar-refractivity contribution >= 4 is 0 Å². The summed E-state index contributed by atoms with van der Waals surface area (Å²) in [6, 6.07) is 0. The van der Waals surface area contributed by atoms with Gasteiger partial charge < -0.3 is 4.90 Å². The second-order valence-corrected chi connectivity index (χ2v) is 4.92. The molecule has 1 atom stereocenters. The molecule has 0 aromatic heterocycles. The van der Waals surface area contributed by atoms with Gasteiger partial charge >= 0.3 is 0 Å².